The summed E-state index contributed by atoms with van der Waals surface area (Å²) in [6, 6.07) is 13.0. The van der Waals surface area contributed by atoms with E-state index in [-0.39, 0.29) is 0 Å². The van der Waals surface area contributed by atoms with Crippen LogP contribution in [0.4, 0.5) is 0 Å². The quantitative estimate of drug-likeness (QED) is 0.0669. The Morgan fingerprint density at radius 2 is 0.611 bits per heavy atom. The molecular formula is C52H82O2. The van der Waals surface area contributed by atoms with Crippen molar-refractivity contribution >= 4 is 0 Å². The summed E-state index contributed by atoms with van der Waals surface area (Å²) in [5.74, 6) is 0.900. The Morgan fingerprint density at radius 1 is 0.315 bits per heavy atom. The normalized spacial score (nSPS) is 11.5. The van der Waals surface area contributed by atoms with Crippen LogP contribution >= 0.6 is 0 Å². The van der Waals surface area contributed by atoms with E-state index in [9.17, 15) is 10.2 Å². The zero-order valence-electron chi connectivity index (χ0n) is 36.2. The van der Waals surface area contributed by atoms with Gasteiger partial charge in [-0.2, -0.15) is 0 Å². The lowest BCUT2D eigenvalue weighted by atomic mass is 9.76. The van der Waals surface area contributed by atoms with Crippen LogP contribution in [0.5, 0.6) is 11.5 Å². The van der Waals surface area contributed by atoms with Crippen molar-refractivity contribution < 1.29 is 10.2 Å². The van der Waals surface area contributed by atoms with Crippen molar-refractivity contribution in [2.24, 2.45) is 0 Å². The van der Waals surface area contributed by atoms with Gasteiger partial charge in [-0.1, -0.05) is 156 Å². The van der Waals surface area contributed by atoms with Crippen LogP contribution in [0, 0.1) is 0 Å². The van der Waals surface area contributed by atoms with Gasteiger partial charge >= 0.3 is 0 Å². The molecule has 3 rings (SSSR count). The van der Waals surface area contributed by atoms with Crippen LogP contribution in [0.2, 0.25) is 0 Å². The Hall–Kier alpha value is -2.74. The van der Waals surface area contributed by atoms with Crippen LogP contribution in [-0.4, -0.2) is 10.2 Å². The lowest BCUT2D eigenvalue weighted by Gasteiger charge is -2.28. The fraction of sp³-hybridized carbons (Fsp3) is 0.654. The molecule has 0 aliphatic carbocycles. The summed E-state index contributed by atoms with van der Waals surface area (Å²) in [4.78, 5) is 0. The molecule has 3 aromatic rings. The van der Waals surface area contributed by atoms with Crippen LogP contribution in [-0.2, 0) is 51.4 Å². The minimum Gasteiger partial charge on any atom is -0.508 e. The van der Waals surface area contributed by atoms with Gasteiger partial charge in [0.25, 0.3) is 0 Å². The third-order valence-corrected chi connectivity index (χ3v) is 12.0. The van der Waals surface area contributed by atoms with Gasteiger partial charge in [-0.15, -0.1) is 0 Å². The predicted molar refractivity (Wildman–Crippen MR) is 237 cm³/mol. The van der Waals surface area contributed by atoms with Gasteiger partial charge in [0, 0.05) is 12.8 Å². The first-order chi connectivity index (χ1) is 26.4. The molecule has 0 saturated heterocycles. The van der Waals surface area contributed by atoms with Gasteiger partial charge in [0.05, 0.1) is 0 Å². The summed E-state index contributed by atoms with van der Waals surface area (Å²) in [5.41, 5.74) is 14.2. The van der Waals surface area contributed by atoms with Crippen molar-refractivity contribution in [3.8, 4) is 11.5 Å². The van der Waals surface area contributed by atoms with Crippen LogP contribution in [0.15, 0.2) is 36.4 Å². The lowest BCUT2D eigenvalue weighted by Crippen LogP contribution is -2.16. The highest BCUT2D eigenvalue weighted by atomic mass is 16.3. The summed E-state index contributed by atoms with van der Waals surface area (Å²) in [6.07, 6.45) is 33.2. The molecule has 0 aromatic heterocycles. The summed E-state index contributed by atoms with van der Waals surface area (Å²) < 4.78 is 0. The zero-order valence-corrected chi connectivity index (χ0v) is 36.2. The predicted octanol–water partition coefficient (Wildman–Crippen LogP) is 15.5. The number of rotatable bonds is 30. The Bertz CT molecular complexity index is 1310. The number of phenolic OH excluding ortho intramolecular Hbond substituents is 2. The van der Waals surface area contributed by atoms with Gasteiger partial charge in [-0.25, -0.2) is 0 Å². The molecule has 3 aromatic carbocycles. The number of hydrogen-bond donors (Lipinski definition) is 2. The smallest absolute Gasteiger partial charge is 0.119 e. The SMILES string of the molecule is CCCCCCCCc1ccc(O)c(Cc2c(CCCC)c(CCCC)c(Cc3cc(CCCCCCCC)ccc3O)c(CCCC)c2CCCC)c1. The second-order valence-corrected chi connectivity index (χ2v) is 16.6. The highest BCUT2D eigenvalue weighted by molar-refractivity contribution is 5.57. The molecule has 0 heterocycles. The van der Waals surface area contributed by atoms with Crippen molar-refractivity contribution in [3.05, 3.63) is 92.0 Å². The minimum atomic E-state index is 0.450. The molecule has 302 valence electrons. The number of aryl methyl sites for hydroxylation is 2. The maximum absolute atomic E-state index is 11.4. The van der Waals surface area contributed by atoms with Crippen LogP contribution < -0.4 is 0 Å². The second-order valence-electron chi connectivity index (χ2n) is 16.6. The molecule has 0 aliphatic heterocycles. The van der Waals surface area contributed by atoms with E-state index in [2.05, 4.69) is 65.8 Å². The molecule has 2 N–H and O–H groups in total. The summed E-state index contributed by atoms with van der Waals surface area (Å²) >= 11 is 0. The molecule has 0 aliphatic rings. The number of unbranched alkanes of at least 4 members (excludes halogenated alkanes) is 14. The Morgan fingerprint density at radius 3 is 0.926 bits per heavy atom. The van der Waals surface area contributed by atoms with E-state index in [1.54, 1.807) is 22.3 Å². The Balaban J connectivity index is 2.16. The maximum Gasteiger partial charge on any atom is 0.119 e. The first-order valence-corrected chi connectivity index (χ1v) is 23.2. The van der Waals surface area contributed by atoms with Gasteiger partial charge < -0.3 is 10.2 Å². The van der Waals surface area contributed by atoms with Crippen LogP contribution in [0.1, 0.15) is 226 Å². The zero-order chi connectivity index (χ0) is 39.0. The van der Waals surface area contributed by atoms with E-state index < -0.39 is 0 Å². The van der Waals surface area contributed by atoms with E-state index in [0.717, 1.165) is 62.5 Å². The van der Waals surface area contributed by atoms with E-state index in [1.807, 2.05) is 12.1 Å². The molecule has 54 heavy (non-hydrogen) atoms. The van der Waals surface area contributed by atoms with Gasteiger partial charge in [0.1, 0.15) is 11.5 Å². The van der Waals surface area contributed by atoms with Crippen molar-refractivity contribution in [2.75, 3.05) is 0 Å². The Kier molecular flexibility index (Phi) is 22.8. The highest BCUT2D eigenvalue weighted by Gasteiger charge is 2.25. The molecule has 0 amide bonds. The van der Waals surface area contributed by atoms with E-state index >= 15 is 0 Å². The molecule has 0 unspecified atom stereocenters. The topological polar surface area (TPSA) is 40.5 Å². The molecule has 2 nitrogen and oxygen atoms in total. The minimum absolute atomic E-state index is 0.450. The number of hydrogen-bond acceptors (Lipinski definition) is 2. The van der Waals surface area contributed by atoms with Crippen LogP contribution in [0.3, 0.4) is 0 Å². The fourth-order valence-electron chi connectivity index (χ4n) is 8.61. The third kappa shape index (κ3) is 15.1. The van der Waals surface area contributed by atoms with Gasteiger partial charge in [-0.3, -0.25) is 0 Å². The van der Waals surface area contributed by atoms with Crippen LogP contribution in [0.25, 0.3) is 0 Å². The fourth-order valence-corrected chi connectivity index (χ4v) is 8.61. The Labute approximate surface area is 334 Å². The molecule has 0 saturated carbocycles. The van der Waals surface area contributed by atoms with Crippen molar-refractivity contribution in [2.45, 2.75) is 221 Å². The number of benzene rings is 3. The van der Waals surface area contributed by atoms with Gasteiger partial charge in [0.2, 0.25) is 0 Å². The molecule has 0 atom stereocenters. The largest absolute Gasteiger partial charge is 0.508 e. The molecule has 0 bridgehead atoms. The average Bonchev–Trinajstić information content (AvgIpc) is 3.17. The summed E-state index contributed by atoms with van der Waals surface area (Å²) in [7, 11) is 0. The standard InChI is InChI=1S/C52H82O2/c1-7-13-19-21-23-25-27-41-33-35-51(53)43(37-41)39-49-45(29-15-9-3)47(31-17-11-5)50(48(32-18-12-6)46(49)30-16-10-4)40-44-38-42(34-36-52(44)54)28-26-24-22-20-14-8-2/h33-38,53-54H,7-32,39-40H2,1-6H3. The molecular weight excluding hydrogens is 657 g/mol. The second kappa shape index (κ2) is 27.0. The first-order valence-electron chi connectivity index (χ1n) is 23.2. The average molecular weight is 739 g/mol. The van der Waals surface area contributed by atoms with Crippen molar-refractivity contribution in [3.63, 3.8) is 0 Å². The van der Waals surface area contributed by atoms with Crippen molar-refractivity contribution in [1.82, 2.24) is 0 Å². The van der Waals surface area contributed by atoms with Gasteiger partial charge in [-0.05, 0) is 145 Å². The molecule has 0 fully saturated rings. The van der Waals surface area contributed by atoms with Crippen molar-refractivity contribution in [1.29, 1.82) is 0 Å². The molecule has 0 spiro atoms. The number of phenols is 2. The van der Waals surface area contributed by atoms with E-state index in [4.69, 9.17) is 0 Å². The van der Waals surface area contributed by atoms with Gasteiger partial charge in [0.15, 0.2) is 0 Å². The number of aromatic hydroxyl groups is 2. The summed E-state index contributed by atoms with van der Waals surface area (Å²) in [6.45, 7) is 13.9. The highest BCUT2D eigenvalue weighted by Crippen LogP contribution is 2.38. The monoisotopic (exact) mass is 739 g/mol. The first kappa shape index (κ1) is 45.6. The third-order valence-electron chi connectivity index (χ3n) is 12.0. The molecule has 0 radical (unpaired) electrons. The maximum atomic E-state index is 11.4. The van der Waals surface area contributed by atoms with E-state index in [1.165, 1.54) is 151 Å². The lowest BCUT2D eigenvalue weighted by molar-refractivity contribution is 0.468. The molecule has 2 heteroatoms. The summed E-state index contributed by atoms with van der Waals surface area (Å²) in [5, 5.41) is 22.8. The van der Waals surface area contributed by atoms with E-state index in [0.29, 0.717) is 11.5 Å².